The fraction of sp³-hybridized carbons (Fsp3) is 0. The molecule has 9 heteroatoms. The fourth-order valence-electron chi connectivity index (χ4n) is 1.14. The highest BCUT2D eigenvalue weighted by Gasteiger charge is 2.12. The molecule has 6 N–H and O–H groups in total. The Morgan fingerprint density at radius 3 is 2.94 bits per heavy atom. The lowest BCUT2D eigenvalue weighted by Crippen LogP contribution is -2.25. The van der Waals surface area contributed by atoms with Crippen molar-refractivity contribution in [2.45, 2.75) is 0 Å². The topological polar surface area (TPSA) is 147 Å². The Labute approximate surface area is 101 Å². The van der Waals surface area contributed by atoms with Crippen molar-refractivity contribution in [3.8, 4) is 0 Å². The molecule has 2 aromatic rings. The Balaban J connectivity index is 2.08. The van der Waals surface area contributed by atoms with E-state index in [1.807, 2.05) is 0 Å². The summed E-state index contributed by atoms with van der Waals surface area (Å²) >= 11 is 0. The van der Waals surface area contributed by atoms with Gasteiger partial charge in [-0.15, -0.1) is 0 Å². The number of nitrogens with one attached hydrogen (secondary N) is 2. The zero-order chi connectivity index (χ0) is 13.0. The van der Waals surface area contributed by atoms with Gasteiger partial charge in [0.1, 0.15) is 5.56 Å². The number of carbonyl (C=O) groups is 1. The second-order valence-electron chi connectivity index (χ2n) is 3.23. The van der Waals surface area contributed by atoms with Crippen LogP contribution in [0.2, 0.25) is 0 Å². The van der Waals surface area contributed by atoms with Gasteiger partial charge in [0, 0.05) is 6.07 Å². The molecule has 2 heterocycles. The summed E-state index contributed by atoms with van der Waals surface area (Å²) < 4.78 is 4.35. The number of hydrazone groups is 1. The predicted octanol–water partition coefficient (Wildman–Crippen LogP) is -1.48. The van der Waals surface area contributed by atoms with Gasteiger partial charge >= 0.3 is 0 Å². The summed E-state index contributed by atoms with van der Waals surface area (Å²) in [6, 6.07) is 3.30. The first-order valence-electron chi connectivity index (χ1n) is 4.86. The van der Waals surface area contributed by atoms with Gasteiger partial charge in [-0.3, -0.25) is 4.79 Å². The number of pyridine rings is 1. The van der Waals surface area contributed by atoms with Crippen molar-refractivity contribution >= 4 is 17.6 Å². The first kappa shape index (κ1) is 11.5. The zero-order valence-corrected chi connectivity index (χ0v) is 9.12. The number of hydrogen-bond donors (Lipinski definition) is 3. The summed E-state index contributed by atoms with van der Waals surface area (Å²) in [5.41, 5.74) is 13.7. The van der Waals surface area contributed by atoms with Crippen LogP contribution in [0.3, 0.4) is 0 Å². The number of amidine groups is 1. The van der Waals surface area contributed by atoms with Crippen LogP contribution in [0.4, 0.5) is 5.82 Å². The molecule has 2 aromatic heterocycles. The minimum Gasteiger partial charge on any atom is -0.380 e. The average molecular weight is 248 g/mol. The van der Waals surface area contributed by atoms with Gasteiger partial charge in [0.05, 0.1) is 0 Å². The third-order valence-electron chi connectivity index (χ3n) is 2.00. The van der Waals surface area contributed by atoms with E-state index in [1.54, 1.807) is 18.3 Å². The van der Waals surface area contributed by atoms with E-state index in [4.69, 9.17) is 11.5 Å². The summed E-state index contributed by atoms with van der Waals surface area (Å²) in [7, 11) is 0. The highest BCUT2D eigenvalue weighted by molar-refractivity contribution is 6.00. The van der Waals surface area contributed by atoms with Crippen molar-refractivity contribution in [1.29, 1.82) is 0 Å². The molecule has 0 radical (unpaired) electrons. The van der Waals surface area contributed by atoms with E-state index in [-0.39, 0.29) is 17.3 Å². The van der Waals surface area contributed by atoms with Crippen LogP contribution in [0.1, 0.15) is 16.1 Å². The molecular weight excluding hydrogens is 238 g/mol. The molecule has 0 aliphatic rings. The van der Waals surface area contributed by atoms with E-state index in [2.05, 4.69) is 30.5 Å². The molecule has 0 aromatic carbocycles. The molecule has 0 aliphatic heterocycles. The number of nitrogens with two attached hydrogens (primary N) is 2. The smallest absolute Gasteiger partial charge is 0.277 e. The molecule has 0 spiro atoms. The van der Waals surface area contributed by atoms with Crippen molar-refractivity contribution in [3.63, 3.8) is 0 Å². The number of H-pyrrole nitrogens is 1. The molecule has 0 atom stereocenters. The maximum atomic E-state index is 11.6. The van der Waals surface area contributed by atoms with E-state index in [0.29, 0.717) is 5.56 Å². The van der Waals surface area contributed by atoms with Gasteiger partial charge in [-0.05, 0) is 16.4 Å². The Morgan fingerprint density at radius 2 is 2.33 bits per heavy atom. The molecule has 0 saturated heterocycles. The van der Waals surface area contributed by atoms with Crippen LogP contribution in [0.25, 0.3) is 0 Å². The molecule has 2 rings (SSSR count). The second kappa shape index (κ2) is 4.91. The van der Waals surface area contributed by atoms with E-state index in [0.717, 1.165) is 0 Å². The van der Waals surface area contributed by atoms with Gasteiger partial charge in [0.2, 0.25) is 0 Å². The van der Waals surface area contributed by atoms with Crippen molar-refractivity contribution in [2.75, 3.05) is 5.73 Å². The Kier molecular flexibility index (Phi) is 3.14. The van der Waals surface area contributed by atoms with Crippen LogP contribution in [-0.2, 0) is 0 Å². The monoisotopic (exact) mass is 248 g/mol. The van der Waals surface area contributed by atoms with Gasteiger partial charge in [0.25, 0.3) is 5.91 Å². The molecular formula is C9H10N7O2+. The van der Waals surface area contributed by atoms with Gasteiger partial charge in [-0.2, -0.15) is 5.10 Å². The number of nitrogens with zero attached hydrogens (tertiary/aromatic N) is 3. The molecule has 1 amide bonds. The fourth-order valence-corrected chi connectivity index (χ4v) is 1.14. The molecule has 0 bridgehead atoms. The van der Waals surface area contributed by atoms with Crippen LogP contribution in [0.5, 0.6) is 0 Å². The molecule has 18 heavy (non-hydrogen) atoms. The largest absolute Gasteiger partial charge is 0.380 e. The van der Waals surface area contributed by atoms with E-state index >= 15 is 0 Å². The molecule has 0 unspecified atom stereocenters. The molecule has 9 nitrogen and oxygen atoms in total. The maximum Gasteiger partial charge on any atom is 0.277 e. The number of amides is 1. The van der Waals surface area contributed by atoms with Crippen molar-refractivity contribution in [3.05, 3.63) is 35.8 Å². The number of rotatable bonds is 3. The number of aromatic nitrogens is 3. The quantitative estimate of drug-likeness (QED) is 0.342. The molecule has 0 aliphatic carbocycles. The van der Waals surface area contributed by atoms with Crippen molar-refractivity contribution in [1.82, 2.24) is 15.7 Å². The first-order chi connectivity index (χ1) is 8.68. The highest BCUT2D eigenvalue weighted by Crippen LogP contribution is 2.02. The van der Waals surface area contributed by atoms with Gasteiger partial charge in [0.15, 0.2) is 29.7 Å². The summed E-state index contributed by atoms with van der Waals surface area (Å²) in [5.74, 6) is -0.523. The van der Waals surface area contributed by atoms with Crippen molar-refractivity contribution in [2.24, 2.45) is 10.8 Å². The third kappa shape index (κ3) is 2.40. The average Bonchev–Trinajstić information content (AvgIpc) is 2.83. The van der Waals surface area contributed by atoms with E-state index in [1.165, 1.54) is 6.20 Å². The normalized spacial score (nSPS) is 11.2. The number of aromatic amines is 1. The molecule has 0 saturated carbocycles. The maximum absolute atomic E-state index is 11.6. The summed E-state index contributed by atoms with van der Waals surface area (Å²) in [4.78, 5) is 14.4. The second-order valence-corrected chi connectivity index (χ2v) is 3.23. The standard InChI is InChI=1S/C9H9N7O2/c10-7(6-8(11)16-18-15-6)13-14-9(17)5-2-1-3-12-4-5/h1-4H,(H2,10,13)(H2,11,16)(H,14,17)/p+1. The lowest BCUT2D eigenvalue weighted by atomic mass is 10.3. The number of nitrogen functional groups attached to an aromatic ring is 1. The summed E-state index contributed by atoms with van der Waals surface area (Å²) in [6.07, 6.45) is 3.20. The number of carbonyl (C=O) groups excluding carboxylic acids is 1. The SMILES string of the molecule is NC(=NNC(=O)c1ccc[nH+]c1)c1nonc1N. The van der Waals surface area contributed by atoms with E-state index in [9.17, 15) is 4.79 Å². The third-order valence-corrected chi connectivity index (χ3v) is 2.00. The van der Waals surface area contributed by atoms with E-state index < -0.39 is 5.91 Å². The van der Waals surface area contributed by atoms with Gasteiger partial charge in [-0.1, -0.05) is 0 Å². The van der Waals surface area contributed by atoms with Crippen LogP contribution < -0.4 is 21.9 Å². The van der Waals surface area contributed by atoms with Crippen LogP contribution in [0, 0.1) is 0 Å². The minimum absolute atomic E-state index is 0.00135. The zero-order valence-electron chi connectivity index (χ0n) is 9.12. The van der Waals surface area contributed by atoms with Gasteiger partial charge < -0.3 is 11.5 Å². The predicted molar refractivity (Wildman–Crippen MR) is 59.9 cm³/mol. The van der Waals surface area contributed by atoms with Gasteiger partial charge in [-0.25, -0.2) is 15.0 Å². The molecule has 92 valence electrons. The lowest BCUT2D eigenvalue weighted by molar-refractivity contribution is -0.378. The van der Waals surface area contributed by atoms with Crippen molar-refractivity contribution < 1.29 is 14.4 Å². The minimum atomic E-state index is -0.426. The van der Waals surface area contributed by atoms with Crippen LogP contribution in [-0.4, -0.2) is 22.1 Å². The first-order valence-corrected chi connectivity index (χ1v) is 4.86. The summed E-state index contributed by atoms with van der Waals surface area (Å²) in [6.45, 7) is 0. The Hall–Kier alpha value is -2.97. The van der Waals surface area contributed by atoms with Crippen LogP contribution in [0.15, 0.2) is 34.3 Å². The Morgan fingerprint density at radius 1 is 1.50 bits per heavy atom. The summed E-state index contributed by atoms with van der Waals surface area (Å²) in [5, 5.41) is 10.4. The van der Waals surface area contributed by atoms with Crippen LogP contribution >= 0.6 is 0 Å². The Bertz CT molecular complexity index is 578. The molecule has 0 fully saturated rings. The number of anilines is 1. The number of hydrogen-bond acceptors (Lipinski definition) is 6. The lowest BCUT2D eigenvalue weighted by Gasteiger charge is -1.98. The highest BCUT2D eigenvalue weighted by atomic mass is 16.6.